The van der Waals surface area contributed by atoms with E-state index in [9.17, 15) is 32.7 Å². The Kier molecular flexibility index (Phi) is 10.5. The summed E-state index contributed by atoms with van der Waals surface area (Å²) in [5.41, 5.74) is 1.90. The molecule has 0 spiro atoms. The van der Waals surface area contributed by atoms with Gasteiger partial charge in [0.05, 0.1) is 12.5 Å². The molecule has 1 amide bonds. The van der Waals surface area contributed by atoms with Gasteiger partial charge in [0.15, 0.2) is 5.82 Å². The van der Waals surface area contributed by atoms with Gasteiger partial charge in [-0.2, -0.15) is 0 Å². The number of carbonyl (C=O) groups excluding carboxylic acids is 1. The summed E-state index contributed by atoms with van der Waals surface area (Å²) in [6, 6.07) is 4.26. The molecular formula is C34H39F4N3O4. The number of carboxylic acids is 1. The molecule has 242 valence electrons. The van der Waals surface area contributed by atoms with Crippen LogP contribution in [0.1, 0.15) is 66.6 Å². The largest absolute Gasteiger partial charge is 0.481 e. The van der Waals surface area contributed by atoms with E-state index in [0.717, 1.165) is 10.6 Å². The van der Waals surface area contributed by atoms with E-state index in [0.29, 0.717) is 40.8 Å². The Morgan fingerprint density at radius 2 is 1.64 bits per heavy atom. The van der Waals surface area contributed by atoms with E-state index in [1.807, 2.05) is 18.7 Å². The van der Waals surface area contributed by atoms with Crippen molar-refractivity contribution in [2.24, 2.45) is 5.92 Å². The van der Waals surface area contributed by atoms with Gasteiger partial charge in [-0.15, -0.1) is 0 Å². The van der Waals surface area contributed by atoms with Crippen molar-refractivity contribution >= 4 is 11.9 Å². The molecule has 0 radical (unpaired) electrons. The monoisotopic (exact) mass is 629 g/mol. The number of benzene rings is 2. The Balaban J connectivity index is 1.72. The van der Waals surface area contributed by atoms with Crippen LogP contribution in [0.15, 0.2) is 41.3 Å². The first kappa shape index (κ1) is 33.9. The van der Waals surface area contributed by atoms with Crippen LogP contribution >= 0.6 is 0 Å². The average Bonchev–Trinajstić information content (AvgIpc) is 2.91. The number of hydrogen-bond acceptors (Lipinski definition) is 4. The summed E-state index contributed by atoms with van der Waals surface area (Å²) < 4.78 is 58.8. The molecule has 2 N–H and O–H groups in total. The predicted molar refractivity (Wildman–Crippen MR) is 163 cm³/mol. The van der Waals surface area contributed by atoms with Crippen LogP contribution in [0.2, 0.25) is 0 Å². The number of pyridine rings is 1. The molecule has 1 aliphatic heterocycles. The third-order valence-corrected chi connectivity index (χ3v) is 8.16. The number of aryl methyl sites for hydroxylation is 3. The number of carbonyl (C=O) groups is 2. The van der Waals surface area contributed by atoms with Crippen LogP contribution in [0.4, 0.5) is 17.6 Å². The number of aromatic nitrogens is 1. The number of nitrogens with zero attached hydrogens (tertiary/aromatic N) is 2. The Hall–Kier alpha value is -3.99. The number of likely N-dealkylation sites (tertiary alicyclic amines) is 1. The Morgan fingerprint density at radius 3 is 2.22 bits per heavy atom. The first-order valence-corrected chi connectivity index (χ1v) is 15.0. The van der Waals surface area contributed by atoms with Crippen LogP contribution in [0.3, 0.4) is 0 Å². The van der Waals surface area contributed by atoms with Crippen molar-refractivity contribution in [3.63, 3.8) is 0 Å². The third kappa shape index (κ3) is 8.00. The van der Waals surface area contributed by atoms with E-state index in [-0.39, 0.29) is 36.6 Å². The number of rotatable bonds is 12. The number of nitrogens with one attached hydrogen (secondary N) is 1. The van der Waals surface area contributed by atoms with Gasteiger partial charge in [-0.1, -0.05) is 13.8 Å². The van der Waals surface area contributed by atoms with Crippen molar-refractivity contribution in [2.75, 3.05) is 19.6 Å². The van der Waals surface area contributed by atoms with E-state index < -0.39 is 59.6 Å². The van der Waals surface area contributed by atoms with Gasteiger partial charge in [0, 0.05) is 31.4 Å². The lowest BCUT2D eigenvalue weighted by Gasteiger charge is -2.34. The molecule has 11 heteroatoms. The summed E-state index contributed by atoms with van der Waals surface area (Å²) >= 11 is 0. The molecule has 4 rings (SSSR count). The lowest BCUT2D eigenvalue weighted by atomic mass is 9.90. The molecule has 2 atom stereocenters. The van der Waals surface area contributed by atoms with E-state index in [1.54, 1.807) is 19.9 Å². The third-order valence-electron chi connectivity index (χ3n) is 8.16. The van der Waals surface area contributed by atoms with E-state index in [2.05, 4.69) is 5.32 Å². The van der Waals surface area contributed by atoms with E-state index in [4.69, 9.17) is 0 Å². The Bertz CT molecular complexity index is 1630. The van der Waals surface area contributed by atoms with Crippen LogP contribution < -0.4 is 10.9 Å². The summed E-state index contributed by atoms with van der Waals surface area (Å²) in [4.78, 5) is 40.7. The molecule has 1 aromatic heterocycles. The highest BCUT2D eigenvalue weighted by Gasteiger charge is 2.30. The maximum Gasteiger partial charge on any atom is 0.305 e. The topological polar surface area (TPSA) is 91.6 Å². The zero-order valence-electron chi connectivity index (χ0n) is 26.1. The summed E-state index contributed by atoms with van der Waals surface area (Å²) in [5.74, 6) is -4.40. The standard InChI is InChI=1S/C34H39F4N3O4/c1-18(2)8-29(41-15-22(12-27(37)34(41)45)6-7-40-16-25(36)17-40)33(44)39-28(14-30(42)43)26-13-23(9-21(5)32(26)38)31-19(3)10-24(35)11-20(31)4/h9-13,15,18,25,28-29H,6-8,14,16-17H2,1-5H3,(H,39,44)(H,42,43)/t28-,29?/m0/s1. The molecule has 1 aliphatic rings. The lowest BCUT2D eigenvalue weighted by molar-refractivity contribution is -0.138. The van der Waals surface area contributed by atoms with Crippen molar-refractivity contribution in [1.82, 2.24) is 14.8 Å². The van der Waals surface area contributed by atoms with Gasteiger partial charge in [-0.25, -0.2) is 17.6 Å². The second kappa shape index (κ2) is 14.0. The van der Waals surface area contributed by atoms with Crippen LogP contribution in [-0.2, 0) is 16.0 Å². The number of halogens is 4. The Labute approximate surface area is 259 Å². The molecule has 3 aromatic rings. The number of hydrogen-bond donors (Lipinski definition) is 2. The van der Waals surface area contributed by atoms with Gasteiger partial charge in [-0.3, -0.25) is 19.3 Å². The zero-order valence-corrected chi connectivity index (χ0v) is 26.1. The fraction of sp³-hybridized carbons (Fsp3) is 0.441. The minimum Gasteiger partial charge on any atom is -0.481 e. The molecule has 0 bridgehead atoms. The maximum absolute atomic E-state index is 15.7. The number of amides is 1. The summed E-state index contributed by atoms with van der Waals surface area (Å²) in [6.07, 6.45) is 0.269. The predicted octanol–water partition coefficient (Wildman–Crippen LogP) is 5.97. The highest BCUT2D eigenvalue weighted by molar-refractivity contribution is 5.82. The van der Waals surface area contributed by atoms with Gasteiger partial charge < -0.3 is 15.0 Å². The average molecular weight is 630 g/mol. The van der Waals surface area contributed by atoms with Crippen LogP contribution in [0.5, 0.6) is 0 Å². The Morgan fingerprint density at radius 1 is 1.00 bits per heavy atom. The number of aliphatic carboxylic acids is 1. The molecule has 1 fully saturated rings. The minimum atomic E-state index is -1.34. The molecule has 1 unspecified atom stereocenters. The van der Waals surface area contributed by atoms with Gasteiger partial charge in [0.25, 0.3) is 5.56 Å². The van der Waals surface area contributed by atoms with E-state index >= 15 is 4.39 Å². The number of carboxylic acid groups (broad SMARTS) is 1. The molecule has 1 saturated heterocycles. The van der Waals surface area contributed by atoms with Crippen LogP contribution in [-0.4, -0.2) is 52.3 Å². The normalized spacial score (nSPS) is 15.2. The van der Waals surface area contributed by atoms with Gasteiger partial charge in [-0.05, 0) is 103 Å². The first-order valence-electron chi connectivity index (χ1n) is 15.0. The molecule has 2 aromatic carbocycles. The highest BCUT2D eigenvalue weighted by atomic mass is 19.1. The smallest absolute Gasteiger partial charge is 0.305 e. The van der Waals surface area contributed by atoms with Crippen molar-refractivity contribution in [2.45, 2.75) is 72.1 Å². The lowest BCUT2D eigenvalue weighted by Crippen LogP contribution is -2.49. The SMILES string of the molecule is Cc1cc(-c2c(C)cc(F)cc2C)cc([C@H](CC(=O)O)NC(=O)C(CC(C)C)n2cc(CCN3CC(F)C3)cc(F)c2=O)c1F. The van der Waals surface area contributed by atoms with Crippen molar-refractivity contribution in [3.05, 3.63) is 92.2 Å². The fourth-order valence-corrected chi connectivity index (χ4v) is 6.00. The van der Waals surface area contributed by atoms with Crippen LogP contribution in [0.25, 0.3) is 11.1 Å². The van der Waals surface area contributed by atoms with Crippen molar-refractivity contribution < 1.29 is 32.3 Å². The molecule has 7 nitrogen and oxygen atoms in total. The molecule has 0 aliphatic carbocycles. The summed E-state index contributed by atoms with van der Waals surface area (Å²) in [6.45, 7) is 9.58. The summed E-state index contributed by atoms with van der Waals surface area (Å²) in [7, 11) is 0. The second-order valence-electron chi connectivity index (χ2n) is 12.4. The molecular weight excluding hydrogens is 590 g/mol. The zero-order chi connectivity index (χ0) is 33.2. The molecule has 2 heterocycles. The van der Waals surface area contributed by atoms with Crippen molar-refractivity contribution in [1.29, 1.82) is 0 Å². The van der Waals surface area contributed by atoms with Gasteiger partial charge in [0.2, 0.25) is 5.91 Å². The summed E-state index contributed by atoms with van der Waals surface area (Å²) in [5, 5.41) is 12.4. The minimum absolute atomic E-state index is 0.0832. The fourth-order valence-electron chi connectivity index (χ4n) is 6.00. The highest BCUT2D eigenvalue weighted by Crippen LogP contribution is 2.34. The van der Waals surface area contributed by atoms with Crippen molar-refractivity contribution in [3.8, 4) is 11.1 Å². The number of alkyl halides is 1. The molecule has 45 heavy (non-hydrogen) atoms. The first-order chi connectivity index (χ1) is 21.1. The van der Waals surface area contributed by atoms with Crippen LogP contribution in [0, 0.1) is 44.1 Å². The molecule has 0 saturated carbocycles. The maximum atomic E-state index is 15.7. The quantitative estimate of drug-likeness (QED) is 0.241. The second-order valence-corrected chi connectivity index (χ2v) is 12.4. The van der Waals surface area contributed by atoms with E-state index in [1.165, 1.54) is 31.3 Å². The van der Waals surface area contributed by atoms with Gasteiger partial charge >= 0.3 is 5.97 Å². The van der Waals surface area contributed by atoms with Gasteiger partial charge in [0.1, 0.15) is 23.8 Å².